The highest BCUT2D eigenvalue weighted by Gasteiger charge is 2.54. The predicted molar refractivity (Wildman–Crippen MR) is 155 cm³/mol. The van der Waals surface area contributed by atoms with Crippen LogP contribution < -0.4 is 14.4 Å². The summed E-state index contributed by atoms with van der Waals surface area (Å²) in [6.45, 7) is 3.71. The summed E-state index contributed by atoms with van der Waals surface area (Å²) in [6, 6.07) is 7.83. The van der Waals surface area contributed by atoms with E-state index in [4.69, 9.17) is 4.74 Å². The summed E-state index contributed by atoms with van der Waals surface area (Å²) in [4.78, 5) is 26.6. The highest BCUT2D eigenvalue weighted by molar-refractivity contribution is 7.93. The van der Waals surface area contributed by atoms with Gasteiger partial charge in [-0.25, -0.2) is 13.4 Å². The van der Waals surface area contributed by atoms with Crippen LogP contribution in [0.2, 0.25) is 0 Å². The van der Waals surface area contributed by atoms with Crippen molar-refractivity contribution < 1.29 is 17.9 Å². The Morgan fingerprint density at radius 3 is 2.58 bits per heavy atom. The van der Waals surface area contributed by atoms with E-state index in [1.165, 1.54) is 12.8 Å². The van der Waals surface area contributed by atoms with Crippen LogP contribution in [0.1, 0.15) is 56.9 Å². The molecule has 2 aliphatic heterocycles. The Kier molecular flexibility index (Phi) is 6.23. The molecule has 1 saturated heterocycles. The minimum atomic E-state index is -3.50. The number of sulfonamides is 1. The number of anilines is 2. The third-order valence-electron chi connectivity index (χ3n) is 9.07. The number of likely N-dealkylation sites (N-methyl/N-ethyl adjacent to an activating group) is 1. The monoisotopic (exact) mass is 561 g/mol. The second kappa shape index (κ2) is 9.69. The maximum Gasteiger partial charge on any atom is 0.238 e. The average molecular weight is 562 g/mol. The molecule has 2 saturated carbocycles. The zero-order valence-electron chi connectivity index (χ0n) is 22.9. The van der Waals surface area contributed by atoms with Gasteiger partial charge >= 0.3 is 0 Å². The van der Waals surface area contributed by atoms with Crippen LogP contribution in [-0.4, -0.2) is 67.7 Å². The van der Waals surface area contributed by atoms with Crippen LogP contribution in [0.4, 0.5) is 11.4 Å². The quantitative estimate of drug-likeness (QED) is 0.385. The number of amides is 1. The molecule has 3 fully saturated rings. The van der Waals surface area contributed by atoms with Crippen molar-refractivity contribution in [1.29, 1.82) is 0 Å². The number of nitrogens with zero attached hydrogens (tertiary/aromatic N) is 4. The highest BCUT2D eigenvalue weighted by atomic mass is 32.2. The molecule has 2 aliphatic carbocycles. The van der Waals surface area contributed by atoms with Crippen LogP contribution in [0.5, 0.6) is 5.88 Å². The summed E-state index contributed by atoms with van der Waals surface area (Å²) in [5, 5.41) is 0.608. The lowest BCUT2D eigenvalue weighted by atomic mass is 9.64. The van der Waals surface area contributed by atoms with Gasteiger partial charge in [0, 0.05) is 36.3 Å². The van der Waals surface area contributed by atoms with Gasteiger partial charge in [-0.1, -0.05) is 12.5 Å². The molecule has 1 N–H and O–H groups in total. The lowest BCUT2D eigenvalue weighted by molar-refractivity contribution is -0.125. The number of nitrogens with one attached hydrogen (secondary N) is 1. The smallest absolute Gasteiger partial charge is 0.238 e. The minimum absolute atomic E-state index is 0.151. The maximum atomic E-state index is 13.2. The van der Waals surface area contributed by atoms with E-state index in [0.717, 1.165) is 78.6 Å². The minimum Gasteiger partial charge on any atom is -0.476 e. The Morgan fingerprint density at radius 1 is 1.05 bits per heavy atom. The zero-order chi connectivity index (χ0) is 27.5. The number of hydrogen-bond acceptors (Lipinski definition) is 7. The molecular weight excluding hydrogens is 526 g/mol. The molecule has 1 amide bonds. The Labute approximate surface area is 235 Å². The topological polar surface area (TPSA) is 105 Å². The summed E-state index contributed by atoms with van der Waals surface area (Å²) in [5.41, 5.74) is 4.36. The number of aromatic nitrogens is 2. The van der Waals surface area contributed by atoms with Crippen molar-refractivity contribution in [3.05, 3.63) is 42.2 Å². The molecule has 1 aromatic carbocycles. The lowest BCUT2D eigenvalue weighted by Gasteiger charge is -2.37. The molecule has 0 unspecified atom stereocenters. The van der Waals surface area contributed by atoms with Gasteiger partial charge in [-0.15, -0.1) is 0 Å². The van der Waals surface area contributed by atoms with Crippen LogP contribution in [0.15, 0.2) is 36.7 Å². The number of fused-ring (bicyclic) bond motifs is 4. The Hall–Kier alpha value is -3.24. The number of likely N-dealkylation sites (tertiary alicyclic amines) is 1. The molecule has 4 heterocycles. The third kappa shape index (κ3) is 4.32. The number of rotatable bonds is 9. The van der Waals surface area contributed by atoms with Crippen LogP contribution in [0.3, 0.4) is 0 Å². The van der Waals surface area contributed by atoms with E-state index in [9.17, 15) is 13.2 Å². The highest BCUT2D eigenvalue weighted by Crippen LogP contribution is 2.55. The molecule has 0 radical (unpaired) electrons. The van der Waals surface area contributed by atoms with Gasteiger partial charge in [0.25, 0.3) is 0 Å². The Bertz CT molecular complexity index is 1590. The van der Waals surface area contributed by atoms with E-state index < -0.39 is 15.4 Å². The number of carbonyl (C=O) groups is 1. The molecule has 4 aliphatic rings. The van der Waals surface area contributed by atoms with Gasteiger partial charge in [-0.2, -0.15) is 0 Å². The molecule has 3 aromatic rings. The number of benzene rings is 1. The summed E-state index contributed by atoms with van der Waals surface area (Å²) in [6.07, 6.45) is 11.0. The van der Waals surface area contributed by atoms with Crippen LogP contribution in [-0.2, 0) is 20.2 Å². The normalized spacial score (nSPS) is 20.2. The van der Waals surface area contributed by atoms with Crippen LogP contribution in [0.25, 0.3) is 22.0 Å². The largest absolute Gasteiger partial charge is 0.476 e. The van der Waals surface area contributed by atoms with Gasteiger partial charge in [-0.3, -0.25) is 14.5 Å². The number of hydrogen-bond donors (Lipinski definition) is 1. The van der Waals surface area contributed by atoms with Gasteiger partial charge in [0.05, 0.1) is 34.7 Å². The third-order valence-corrected chi connectivity index (χ3v) is 10.9. The van der Waals surface area contributed by atoms with Gasteiger partial charge < -0.3 is 14.5 Å². The number of carbonyl (C=O) groups excluding carboxylic acids is 1. The first-order valence-corrected chi connectivity index (χ1v) is 16.0. The van der Waals surface area contributed by atoms with Crippen molar-refractivity contribution in [2.45, 2.75) is 62.0 Å². The first-order chi connectivity index (χ1) is 19.4. The zero-order valence-corrected chi connectivity index (χ0v) is 23.7. The first-order valence-electron chi connectivity index (χ1n) is 14.4. The van der Waals surface area contributed by atoms with E-state index in [-0.39, 0.29) is 11.2 Å². The number of pyridine rings is 2. The molecule has 0 bridgehead atoms. The molecule has 210 valence electrons. The van der Waals surface area contributed by atoms with Crippen molar-refractivity contribution in [1.82, 2.24) is 14.9 Å². The Balaban J connectivity index is 1.22. The fraction of sp³-hybridized carbons (Fsp3) is 0.500. The van der Waals surface area contributed by atoms with Gasteiger partial charge in [0.2, 0.25) is 21.8 Å². The molecule has 9 nitrogen and oxygen atoms in total. The van der Waals surface area contributed by atoms with Gasteiger partial charge in [0.15, 0.2) is 0 Å². The maximum absolute atomic E-state index is 13.2. The molecule has 0 atom stereocenters. The SMILES string of the molecule is CN1C(=O)C2(CCC2)c2c1cnc1ccc(-c3cnc(OCCCN4CCCC4)c(NS(=O)(=O)C4CC4)c3)cc21. The van der Waals surface area contributed by atoms with Crippen LogP contribution in [0, 0.1) is 0 Å². The fourth-order valence-corrected chi connectivity index (χ4v) is 7.90. The second-order valence-electron chi connectivity index (χ2n) is 11.7. The van der Waals surface area contributed by atoms with Crippen molar-refractivity contribution in [3.63, 3.8) is 0 Å². The van der Waals surface area contributed by atoms with Gasteiger partial charge in [0.1, 0.15) is 5.69 Å². The number of ether oxygens (including phenoxy) is 1. The lowest BCUT2D eigenvalue weighted by Crippen LogP contribution is -2.43. The fourth-order valence-electron chi connectivity index (χ4n) is 6.53. The van der Waals surface area contributed by atoms with Crippen LogP contribution >= 0.6 is 0 Å². The van der Waals surface area contributed by atoms with Crippen molar-refractivity contribution in [2.75, 3.05) is 42.9 Å². The van der Waals surface area contributed by atoms with E-state index in [0.29, 0.717) is 31.0 Å². The summed E-state index contributed by atoms with van der Waals surface area (Å²) in [7, 11) is -1.67. The predicted octanol–water partition coefficient (Wildman–Crippen LogP) is 4.46. The first kappa shape index (κ1) is 25.7. The Morgan fingerprint density at radius 2 is 1.85 bits per heavy atom. The van der Waals surface area contributed by atoms with Crippen molar-refractivity contribution in [2.24, 2.45) is 0 Å². The molecule has 40 heavy (non-hydrogen) atoms. The van der Waals surface area contributed by atoms with E-state index in [2.05, 4.69) is 25.7 Å². The average Bonchev–Trinajstić information content (AvgIpc) is 3.62. The molecule has 2 aromatic heterocycles. The van der Waals surface area contributed by atoms with Gasteiger partial charge in [-0.05, 0) is 81.8 Å². The molecular formula is C30H35N5O4S. The van der Waals surface area contributed by atoms with Crippen molar-refractivity contribution >= 4 is 38.2 Å². The summed E-state index contributed by atoms with van der Waals surface area (Å²) < 4.78 is 34.6. The van der Waals surface area contributed by atoms with E-state index >= 15 is 0 Å². The molecule has 7 rings (SSSR count). The molecule has 10 heteroatoms. The second-order valence-corrected chi connectivity index (χ2v) is 13.7. The standard InChI is InChI=1S/C30H35N5O4S/c1-34-26-19-31-24-9-6-20(16-23(24)27(26)30(29(34)36)10-4-11-30)21-17-25(33-40(37,38)22-7-8-22)28(32-18-21)39-15-5-14-35-12-2-3-13-35/h6,9,16-19,22,33H,2-5,7-8,10-15H2,1H3. The van der Waals surface area contributed by atoms with Crippen molar-refractivity contribution in [3.8, 4) is 17.0 Å². The van der Waals surface area contributed by atoms with E-state index in [1.54, 1.807) is 11.1 Å². The summed E-state index contributed by atoms with van der Waals surface area (Å²) in [5.74, 6) is 0.455. The molecule has 1 spiro atoms. The summed E-state index contributed by atoms with van der Waals surface area (Å²) >= 11 is 0. The van der Waals surface area contributed by atoms with E-state index in [1.807, 2.05) is 31.4 Å².